The van der Waals surface area contributed by atoms with Gasteiger partial charge in [0.25, 0.3) is 5.91 Å². The number of nitrogen functional groups attached to an aromatic ring is 1. The third-order valence-corrected chi connectivity index (χ3v) is 3.32. The molecule has 0 saturated carbocycles. The highest BCUT2D eigenvalue weighted by atomic mass is 32.2. The van der Waals surface area contributed by atoms with E-state index in [1.807, 2.05) is 11.8 Å². The molecule has 2 rings (SSSR count). The maximum Gasteiger partial charge on any atom is 0.288 e. The molecular weight excluding hydrogens is 214 g/mol. The second-order valence-corrected chi connectivity index (χ2v) is 4.63. The van der Waals surface area contributed by atoms with Crippen LogP contribution >= 0.6 is 11.8 Å². The van der Waals surface area contributed by atoms with Gasteiger partial charge in [0.2, 0.25) is 11.8 Å². The maximum atomic E-state index is 11.6. The van der Waals surface area contributed by atoms with Crippen LogP contribution in [0.1, 0.15) is 23.5 Å². The number of carbonyl (C=O) groups is 1. The van der Waals surface area contributed by atoms with Crippen molar-refractivity contribution in [3.63, 3.8) is 0 Å². The summed E-state index contributed by atoms with van der Waals surface area (Å²) in [5.74, 6) is 2.26. The van der Waals surface area contributed by atoms with Crippen molar-refractivity contribution in [2.45, 2.75) is 18.9 Å². The van der Waals surface area contributed by atoms with Gasteiger partial charge in [0.15, 0.2) is 0 Å². The molecule has 0 radical (unpaired) electrons. The average molecular weight is 227 g/mol. The highest BCUT2D eigenvalue weighted by Crippen LogP contribution is 2.16. The molecule has 82 valence electrons. The van der Waals surface area contributed by atoms with Crippen molar-refractivity contribution in [1.29, 1.82) is 0 Å². The van der Waals surface area contributed by atoms with Crippen LogP contribution in [0.4, 0.5) is 5.95 Å². The van der Waals surface area contributed by atoms with Gasteiger partial charge in [-0.3, -0.25) is 9.89 Å². The lowest BCUT2D eigenvalue weighted by Gasteiger charge is -2.21. The Bertz CT molecular complexity index is 347. The first-order chi connectivity index (χ1) is 7.25. The Morgan fingerprint density at radius 1 is 1.53 bits per heavy atom. The molecule has 0 atom stereocenters. The second-order valence-electron chi connectivity index (χ2n) is 3.40. The molecule has 2 heterocycles. The van der Waals surface area contributed by atoms with Crippen LogP contribution in [0.25, 0.3) is 0 Å². The van der Waals surface area contributed by atoms with E-state index in [1.54, 1.807) is 0 Å². The Morgan fingerprint density at radius 3 is 2.87 bits per heavy atom. The summed E-state index contributed by atoms with van der Waals surface area (Å²) in [7, 11) is 0. The van der Waals surface area contributed by atoms with Crippen LogP contribution in [-0.2, 0) is 0 Å². The molecule has 1 saturated heterocycles. The zero-order valence-corrected chi connectivity index (χ0v) is 9.01. The summed E-state index contributed by atoms with van der Waals surface area (Å²) in [6, 6.07) is 0.255. The number of carbonyl (C=O) groups excluding carboxylic acids is 1. The molecule has 1 aliphatic rings. The van der Waals surface area contributed by atoms with E-state index in [0.717, 1.165) is 24.3 Å². The number of aromatic nitrogens is 3. The Balaban J connectivity index is 1.91. The number of rotatable bonds is 2. The highest BCUT2D eigenvalue weighted by molar-refractivity contribution is 7.99. The van der Waals surface area contributed by atoms with Crippen molar-refractivity contribution < 1.29 is 4.79 Å². The molecule has 1 aromatic heterocycles. The third-order valence-electron chi connectivity index (χ3n) is 2.27. The molecule has 7 heteroatoms. The van der Waals surface area contributed by atoms with Gasteiger partial charge in [0, 0.05) is 6.04 Å². The summed E-state index contributed by atoms with van der Waals surface area (Å²) in [4.78, 5) is 15.4. The van der Waals surface area contributed by atoms with Gasteiger partial charge in [-0.2, -0.15) is 16.7 Å². The number of thioether (sulfide) groups is 1. The monoisotopic (exact) mass is 227 g/mol. The molecule has 1 fully saturated rings. The number of nitrogens with two attached hydrogens (primary N) is 1. The Morgan fingerprint density at radius 2 is 2.27 bits per heavy atom. The number of hydrogen-bond acceptors (Lipinski definition) is 5. The molecule has 4 N–H and O–H groups in total. The van der Waals surface area contributed by atoms with E-state index >= 15 is 0 Å². The molecule has 0 aliphatic carbocycles. The van der Waals surface area contributed by atoms with E-state index in [-0.39, 0.29) is 23.7 Å². The molecule has 0 spiro atoms. The van der Waals surface area contributed by atoms with Crippen LogP contribution in [0, 0.1) is 0 Å². The van der Waals surface area contributed by atoms with E-state index in [2.05, 4.69) is 20.5 Å². The van der Waals surface area contributed by atoms with Crippen LogP contribution in [0.2, 0.25) is 0 Å². The van der Waals surface area contributed by atoms with Crippen molar-refractivity contribution in [1.82, 2.24) is 20.5 Å². The van der Waals surface area contributed by atoms with Crippen LogP contribution in [-0.4, -0.2) is 38.6 Å². The molecule has 0 bridgehead atoms. The second kappa shape index (κ2) is 4.52. The smallest absolute Gasteiger partial charge is 0.288 e. The van der Waals surface area contributed by atoms with Gasteiger partial charge in [0.05, 0.1) is 0 Å². The Hall–Kier alpha value is -1.24. The molecule has 1 aliphatic heterocycles. The van der Waals surface area contributed by atoms with E-state index < -0.39 is 0 Å². The average Bonchev–Trinajstić information content (AvgIpc) is 2.66. The van der Waals surface area contributed by atoms with Gasteiger partial charge < -0.3 is 11.1 Å². The standard InChI is InChI=1S/C8H13N5OS/c9-8-11-6(12-13-8)7(14)10-5-1-3-15-4-2-5/h5H,1-4H2,(H,10,14)(H3,9,11,12,13). The minimum absolute atomic E-state index is 0.0966. The Kier molecular flexibility index (Phi) is 3.10. The van der Waals surface area contributed by atoms with Crippen molar-refractivity contribution in [3.05, 3.63) is 5.82 Å². The van der Waals surface area contributed by atoms with Gasteiger partial charge in [-0.25, -0.2) is 0 Å². The summed E-state index contributed by atoms with van der Waals surface area (Å²) >= 11 is 1.92. The predicted molar refractivity (Wildman–Crippen MR) is 58.6 cm³/mol. The van der Waals surface area contributed by atoms with Crippen LogP contribution in [0.15, 0.2) is 0 Å². The molecule has 1 amide bonds. The number of anilines is 1. The molecule has 6 nitrogen and oxygen atoms in total. The van der Waals surface area contributed by atoms with Crippen LogP contribution in [0.5, 0.6) is 0 Å². The first-order valence-corrected chi connectivity index (χ1v) is 5.97. The lowest BCUT2D eigenvalue weighted by Crippen LogP contribution is -2.37. The van der Waals surface area contributed by atoms with Gasteiger partial charge >= 0.3 is 0 Å². The van der Waals surface area contributed by atoms with Crippen molar-refractivity contribution in [2.24, 2.45) is 0 Å². The number of nitrogens with one attached hydrogen (secondary N) is 2. The fourth-order valence-electron chi connectivity index (χ4n) is 1.47. The summed E-state index contributed by atoms with van der Waals surface area (Å²) in [5, 5.41) is 9.01. The summed E-state index contributed by atoms with van der Waals surface area (Å²) in [6.07, 6.45) is 2.03. The first kappa shape index (κ1) is 10.3. The van der Waals surface area contributed by atoms with Crippen molar-refractivity contribution in [2.75, 3.05) is 17.2 Å². The van der Waals surface area contributed by atoms with Crippen LogP contribution < -0.4 is 11.1 Å². The molecular formula is C8H13N5OS. The maximum absolute atomic E-state index is 11.6. The zero-order chi connectivity index (χ0) is 10.7. The number of nitrogens with zero attached hydrogens (tertiary/aromatic N) is 2. The minimum Gasteiger partial charge on any atom is -0.366 e. The molecule has 0 unspecified atom stereocenters. The quantitative estimate of drug-likeness (QED) is 0.661. The highest BCUT2D eigenvalue weighted by Gasteiger charge is 2.18. The number of aromatic amines is 1. The van der Waals surface area contributed by atoms with E-state index in [9.17, 15) is 4.79 Å². The van der Waals surface area contributed by atoms with Gasteiger partial charge in [-0.1, -0.05) is 0 Å². The molecule has 0 aromatic carbocycles. The third kappa shape index (κ3) is 2.62. The normalized spacial score (nSPS) is 17.6. The van der Waals surface area contributed by atoms with E-state index in [0.29, 0.717) is 0 Å². The van der Waals surface area contributed by atoms with Crippen molar-refractivity contribution in [3.8, 4) is 0 Å². The summed E-state index contributed by atoms with van der Waals surface area (Å²) in [6.45, 7) is 0. The topological polar surface area (TPSA) is 96.7 Å². The summed E-state index contributed by atoms with van der Waals surface area (Å²) < 4.78 is 0. The number of amides is 1. The number of H-pyrrole nitrogens is 1. The minimum atomic E-state index is -0.226. The lowest BCUT2D eigenvalue weighted by atomic mass is 10.1. The predicted octanol–water partition coefficient (Wildman–Crippen LogP) is 0.0123. The fourth-order valence-corrected chi connectivity index (χ4v) is 2.58. The van der Waals surface area contributed by atoms with Gasteiger partial charge in [0.1, 0.15) is 0 Å². The summed E-state index contributed by atoms with van der Waals surface area (Å²) in [5.41, 5.74) is 5.31. The fraction of sp³-hybridized carbons (Fsp3) is 0.625. The first-order valence-electron chi connectivity index (χ1n) is 4.82. The lowest BCUT2D eigenvalue weighted by molar-refractivity contribution is 0.0925. The molecule has 1 aromatic rings. The van der Waals surface area contributed by atoms with Crippen molar-refractivity contribution >= 4 is 23.6 Å². The SMILES string of the molecule is Nc1n[nH]c(C(=O)NC2CCSCC2)n1. The van der Waals surface area contributed by atoms with Gasteiger partial charge in [-0.15, -0.1) is 5.10 Å². The molecule has 15 heavy (non-hydrogen) atoms. The Labute approximate surface area is 91.4 Å². The zero-order valence-electron chi connectivity index (χ0n) is 8.19. The van der Waals surface area contributed by atoms with E-state index in [1.165, 1.54) is 0 Å². The van der Waals surface area contributed by atoms with Crippen LogP contribution in [0.3, 0.4) is 0 Å². The number of hydrogen-bond donors (Lipinski definition) is 3. The van der Waals surface area contributed by atoms with E-state index in [4.69, 9.17) is 5.73 Å². The largest absolute Gasteiger partial charge is 0.366 e. The van der Waals surface area contributed by atoms with Gasteiger partial charge in [-0.05, 0) is 24.3 Å².